The van der Waals surface area contributed by atoms with Crippen molar-refractivity contribution >= 4 is 34.8 Å². The van der Waals surface area contributed by atoms with Crippen molar-refractivity contribution in [1.82, 2.24) is 5.32 Å². The summed E-state index contributed by atoms with van der Waals surface area (Å²) in [6.07, 6.45) is -0.102. The maximum atomic E-state index is 13.1. The second kappa shape index (κ2) is 10.4. The van der Waals surface area contributed by atoms with Gasteiger partial charge in [0.25, 0.3) is 0 Å². The van der Waals surface area contributed by atoms with Crippen molar-refractivity contribution < 1.29 is 32.7 Å². The van der Waals surface area contributed by atoms with Gasteiger partial charge in [-0.05, 0) is 29.6 Å². The van der Waals surface area contributed by atoms with Crippen LogP contribution >= 0.6 is 11.3 Å². The number of carbonyl (C=O) groups excluding carboxylic acids is 4. The first kappa shape index (κ1) is 21.4. The number of hydrogen-bond acceptors (Lipinski definition) is 6. The molecule has 0 aliphatic carbocycles. The highest BCUT2D eigenvalue weighted by molar-refractivity contribution is 7.12. The van der Waals surface area contributed by atoms with Gasteiger partial charge in [0.2, 0.25) is 5.91 Å². The molecule has 0 saturated carbocycles. The van der Waals surface area contributed by atoms with Gasteiger partial charge >= 0.3 is 5.97 Å². The number of hydrogen-bond donors (Lipinski definition) is 1. The monoisotopic (exact) mass is 409 g/mol. The second-order valence-electron chi connectivity index (χ2n) is 5.71. The highest BCUT2D eigenvalue weighted by atomic mass is 32.1. The van der Waals surface area contributed by atoms with Gasteiger partial charge in [0.1, 0.15) is 0 Å². The van der Waals surface area contributed by atoms with E-state index in [0.29, 0.717) is 4.88 Å². The van der Waals surface area contributed by atoms with E-state index in [1.54, 1.807) is 17.5 Å². The van der Waals surface area contributed by atoms with Crippen molar-refractivity contribution in [1.29, 1.82) is 0 Å². The second-order valence-corrected chi connectivity index (χ2v) is 6.66. The Labute approximate surface area is 163 Å². The number of esters is 1. The lowest BCUT2D eigenvalue weighted by Gasteiger charge is -2.06. The molecule has 0 atom stereocenters. The first-order valence-electron chi connectivity index (χ1n) is 8.34. The molecule has 1 N–H and O–H groups in total. The molecule has 0 aliphatic heterocycles. The van der Waals surface area contributed by atoms with E-state index in [2.05, 4.69) is 5.32 Å². The summed E-state index contributed by atoms with van der Waals surface area (Å²) in [7, 11) is 0. The minimum absolute atomic E-state index is 0.000395. The topological polar surface area (TPSA) is 89.5 Å². The molecule has 2 aromatic rings. The summed E-state index contributed by atoms with van der Waals surface area (Å²) >= 11 is 1.30. The predicted molar refractivity (Wildman–Crippen MR) is 97.2 cm³/mol. The fraction of sp³-hybridized carbons (Fsp3) is 0.263. The Bertz CT molecular complexity index is 867. The standard InChI is InChI=1S/C19H17F2NO5S/c20-13-4-3-12(10-14(13)21)16(24)11-27-19(26)7-8-22-18(25)6-5-15(23)17-2-1-9-28-17/h1-4,9-10H,5-8,11H2,(H,22,25). The van der Waals surface area contributed by atoms with Gasteiger partial charge in [0.15, 0.2) is 29.8 Å². The quantitative estimate of drug-likeness (QED) is 0.481. The van der Waals surface area contributed by atoms with Crippen molar-refractivity contribution in [3.63, 3.8) is 0 Å². The van der Waals surface area contributed by atoms with Gasteiger partial charge in [-0.3, -0.25) is 19.2 Å². The molecular weight excluding hydrogens is 392 g/mol. The molecule has 1 amide bonds. The Morgan fingerprint density at radius 3 is 2.43 bits per heavy atom. The SMILES string of the molecule is O=C(CCC(=O)c1cccs1)NCCC(=O)OCC(=O)c1ccc(F)c(F)c1. The molecule has 0 bridgehead atoms. The number of Topliss-reactive ketones (excluding diaryl/α,β-unsaturated/α-hetero) is 2. The van der Waals surface area contributed by atoms with Crippen LogP contribution in [0.2, 0.25) is 0 Å². The van der Waals surface area contributed by atoms with Crippen LogP contribution in [-0.2, 0) is 14.3 Å². The van der Waals surface area contributed by atoms with Crippen molar-refractivity contribution in [3.05, 3.63) is 57.8 Å². The van der Waals surface area contributed by atoms with Crippen molar-refractivity contribution in [2.45, 2.75) is 19.3 Å². The Morgan fingerprint density at radius 2 is 1.75 bits per heavy atom. The fourth-order valence-corrected chi connectivity index (χ4v) is 2.85. The van der Waals surface area contributed by atoms with E-state index in [-0.39, 0.29) is 43.1 Å². The summed E-state index contributed by atoms with van der Waals surface area (Å²) in [5, 5.41) is 4.26. The fourth-order valence-electron chi connectivity index (χ4n) is 2.15. The molecule has 28 heavy (non-hydrogen) atoms. The highest BCUT2D eigenvalue weighted by Gasteiger charge is 2.13. The number of thiophene rings is 1. The van der Waals surface area contributed by atoms with Gasteiger partial charge in [0.05, 0.1) is 11.3 Å². The molecule has 9 heteroatoms. The van der Waals surface area contributed by atoms with Crippen molar-refractivity contribution in [3.8, 4) is 0 Å². The Hall–Kier alpha value is -2.94. The van der Waals surface area contributed by atoms with Crippen molar-refractivity contribution in [2.24, 2.45) is 0 Å². The summed E-state index contributed by atoms with van der Waals surface area (Å²) < 4.78 is 30.7. The van der Waals surface area contributed by atoms with E-state index in [4.69, 9.17) is 4.74 Å². The van der Waals surface area contributed by atoms with E-state index >= 15 is 0 Å². The van der Waals surface area contributed by atoms with Crippen LogP contribution in [0.3, 0.4) is 0 Å². The van der Waals surface area contributed by atoms with Gasteiger partial charge < -0.3 is 10.1 Å². The van der Waals surface area contributed by atoms with Gasteiger partial charge in [0, 0.05) is 24.9 Å². The summed E-state index contributed by atoms with van der Waals surface area (Å²) in [5.41, 5.74) is -0.115. The minimum atomic E-state index is -1.17. The largest absolute Gasteiger partial charge is 0.457 e. The lowest BCUT2D eigenvalue weighted by atomic mass is 10.1. The van der Waals surface area contributed by atoms with Gasteiger partial charge in [-0.15, -0.1) is 11.3 Å². The molecule has 0 spiro atoms. The third kappa shape index (κ3) is 6.66. The maximum Gasteiger partial charge on any atom is 0.308 e. The minimum Gasteiger partial charge on any atom is -0.457 e. The molecular formula is C19H17F2NO5S. The molecule has 1 aromatic heterocycles. The zero-order valence-electron chi connectivity index (χ0n) is 14.7. The number of amides is 1. The Balaban J connectivity index is 1.62. The first-order chi connectivity index (χ1) is 13.4. The number of nitrogens with one attached hydrogen (secondary N) is 1. The molecule has 6 nitrogen and oxygen atoms in total. The average molecular weight is 409 g/mol. The molecule has 0 unspecified atom stereocenters. The molecule has 0 saturated heterocycles. The average Bonchev–Trinajstić information content (AvgIpc) is 3.21. The molecule has 0 radical (unpaired) electrons. The third-order valence-corrected chi connectivity index (χ3v) is 4.54. The van der Waals surface area contributed by atoms with Gasteiger partial charge in [-0.25, -0.2) is 8.78 Å². The maximum absolute atomic E-state index is 13.1. The van der Waals surface area contributed by atoms with E-state index in [0.717, 1.165) is 18.2 Å². The van der Waals surface area contributed by atoms with Crippen LogP contribution in [0.5, 0.6) is 0 Å². The summed E-state index contributed by atoms with van der Waals surface area (Å²) in [6.45, 7) is -0.628. The van der Waals surface area contributed by atoms with Crippen LogP contribution in [0.25, 0.3) is 0 Å². The third-order valence-electron chi connectivity index (χ3n) is 3.63. The van der Waals surface area contributed by atoms with Crippen LogP contribution in [0, 0.1) is 11.6 Å². The first-order valence-corrected chi connectivity index (χ1v) is 9.22. The lowest BCUT2D eigenvalue weighted by molar-refractivity contribution is -0.142. The summed E-state index contributed by atoms with van der Waals surface area (Å²) in [4.78, 5) is 47.4. The van der Waals surface area contributed by atoms with Gasteiger partial charge in [-0.2, -0.15) is 0 Å². The lowest BCUT2D eigenvalue weighted by Crippen LogP contribution is -2.27. The summed E-state index contributed by atoms with van der Waals surface area (Å²) in [5.74, 6) is -4.16. The number of ether oxygens (including phenoxy) is 1. The van der Waals surface area contributed by atoms with E-state index < -0.39 is 30.0 Å². The Morgan fingerprint density at radius 1 is 0.964 bits per heavy atom. The number of rotatable bonds is 10. The van der Waals surface area contributed by atoms with E-state index in [1.807, 2.05) is 0 Å². The molecule has 1 aromatic carbocycles. The molecule has 0 fully saturated rings. The predicted octanol–water partition coefficient (Wildman–Crippen LogP) is 2.92. The zero-order chi connectivity index (χ0) is 20.5. The number of halogens is 2. The Kier molecular flexibility index (Phi) is 7.94. The number of ketones is 2. The van der Waals surface area contributed by atoms with E-state index in [9.17, 15) is 28.0 Å². The molecule has 0 aliphatic rings. The van der Waals surface area contributed by atoms with Gasteiger partial charge in [-0.1, -0.05) is 6.07 Å². The smallest absolute Gasteiger partial charge is 0.308 e. The van der Waals surface area contributed by atoms with Crippen LogP contribution in [0.4, 0.5) is 8.78 Å². The van der Waals surface area contributed by atoms with Crippen LogP contribution in [0.1, 0.15) is 39.3 Å². The normalized spacial score (nSPS) is 10.4. The molecule has 2 rings (SSSR count). The van der Waals surface area contributed by atoms with Crippen LogP contribution < -0.4 is 5.32 Å². The number of carbonyl (C=O) groups is 4. The van der Waals surface area contributed by atoms with Crippen LogP contribution in [0.15, 0.2) is 35.7 Å². The zero-order valence-corrected chi connectivity index (χ0v) is 15.5. The number of benzene rings is 1. The molecule has 1 heterocycles. The van der Waals surface area contributed by atoms with Crippen LogP contribution in [-0.4, -0.2) is 36.6 Å². The van der Waals surface area contributed by atoms with E-state index in [1.165, 1.54) is 11.3 Å². The molecule has 148 valence electrons. The summed E-state index contributed by atoms with van der Waals surface area (Å²) in [6, 6.07) is 6.06. The highest BCUT2D eigenvalue weighted by Crippen LogP contribution is 2.12. The van der Waals surface area contributed by atoms with Crippen molar-refractivity contribution in [2.75, 3.05) is 13.2 Å².